The summed E-state index contributed by atoms with van der Waals surface area (Å²) >= 11 is 0. The molecule has 0 saturated carbocycles. The zero-order chi connectivity index (χ0) is 10.1. The van der Waals surface area contributed by atoms with Crippen LogP contribution in [-0.2, 0) is 0 Å². The Hall–Kier alpha value is -1.64. The Kier molecular flexibility index (Phi) is 2.08. The fourth-order valence-electron chi connectivity index (χ4n) is 1.39. The van der Waals surface area contributed by atoms with Gasteiger partial charge in [-0.3, -0.25) is 0 Å². The Morgan fingerprint density at radius 3 is 2.50 bits per heavy atom. The summed E-state index contributed by atoms with van der Waals surface area (Å²) in [4.78, 5) is 2.95. The van der Waals surface area contributed by atoms with E-state index in [9.17, 15) is 8.78 Å². The molecule has 0 radical (unpaired) electrons. The van der Waals surface area contributed by atoms with Crippen LogP contribution in [0.4, 0.5) is 8.78 Å². The van der Waals surface area contributed by atoms with Crippen LogP contribution in [0.15, 0.2) is 30.5 Å². The van der Waals surface area contributed by atoms with E-state index in [0.29, 0.717) is 5.56 Å². The number of halogens is 2. The number of aromatic nitrogens is 1. The van der Waals surface area contributed by atoms with Crippen molar-refractivity contribution in [1.29, 1.82) is 0 Å². The zero-order valence-corrected chi connectivity index (χ0v) is 7.64. The molecule has 0 bridgehead atoms. The van der Waals surface area contributed by atoms with Gasteiger partial charge in [-0.15, -0.1) is 0 Å². The molecular weight excluding hydrogens is 184 g/mol. The van der Waals surface area contributed by atoms with Crippen LogP contribution in [0, 0.1) is 18.6 Å². The van der Waals surface area contributed by atoms with Gasteiger partial charge in [-0.25, -0.2) is 8.78 Å². The van der Waals surface area contributed by atoms with Crippen LogP contribution >= 0.6 is 0 Å². The van der Waals surface area contributed by atoms with Gasteiger partial charge in [0.1, 0.15) is 11.6 Å². The highest BCUT2D eigenvalue weighted by Crippen LogP contribution is 2.23. The van der Waals surface area contributed by atoms with Crippen LogP contribution < -0.4 is 0 Å². The molecule has 0 spiro atoms. The summed E-state index contributed by atoms with van der Waals surface area (Å²) in [5, 5.41) is 0. The molecule has 1 nitrogen and oxygen atoms in total. The van der Waals surface area contributed by atoms with Crippen molar-refractivity contribution in [3.63, 3.8) is 0 Å². The van der Waals surface area contributed by atoms with Gasteiger partial charge in [0.2, 0.25) is 0 Å². The molecule has 0 atom stereocenters. The molecule has 0 amide bonds. The van der Waals surface area contributed by atoms with Crippen LogP contribution in [0.5, 0.6) is 0 Å². The first kappa shape index (κ1) is 8.94. The van der Waals surface area contributed by atoms with Crippen molar-refractivity contribution in [2.75, 3.05) is 0 Å². The molecule has 72 valence electrons. The van der Waals surface area contributed by atoms with E-state index in [1.807, 2.05) is 13.0 Å². The highest BCUT2D eigenvalue weighted by molar-refractivity contribution is 5.64. The van der Waals surface area contributed by atoms with Crippen molar-refractivity contribution in [2.45, 2.75) is 6.92 Å². The minimum atomic E-state index is -0.557. The average molecular weight is 193 g/mol. The summed E-state index contributed by atoms with van der Waals surface area (Å²) in [6, 6.07) is 5.39. The molecule has 0 aliphatic heterocycles. The molecule has 0 aliphatic rings. The van der Waals surface area contributed by atoms with E-state index >= 15 is 0 Å². The maximum Gasteiger partial charge on any atom is 0.133 e. The van der Waals surface area contributed by atoms with Gasteiger partial charge in [-0.05, 0) is 25.1 Å². The number of hydrogen-bond acceptors (Lipinski definition) is 0. The van der Waals surface area contributed by atoms with Gasteiger partial charge >= 0.3 is 0 Å². The van der Waals surface area contributed by atoms with Gasteiger partial charge in [0.05, 0.1) is 0 Å². The number of rotatable bonds is 1. The van der Waals surface area contributed by atoms with Crippen molar-refractivity contribution in [3.8, 4) is 11.1 Å². The summed E-state index contributed by atoms with van der Waals surface area (Å²) in [6.07, 6.45) is 1.70. The lowest BCUT2D eigenvalue weighted by Crippen LogP contribution is -1.84. The molecule has 3 heteroatoms. The van der Waals surface area contributed by atoms with Crippen molar-refractivity contribution in [3.05, 3.63) is 47.8 Å². The standard InChI is InChI=1S/C11H9F2N/c1-7-4-8(6-14-7)10-3-2-9(12)5-11(10)13/h2-6,14H,1H3. The summed E-state index contributed by atoms with van der Waals surface area (Å²) in [7, 11) is 0. The highest BCUT2D eigenvalue weighted by atomic mass is 19.1. The second-order valence-corrected chi connectivity index (χ2v) is 3.20. The fraction of sp³-hybridized carbons (Fsp3) is 0.0909. The summed E-state index contributed by atoms with van der Waals surface area (Å²) in [5.41, 5.74) is 2.10. The third-order valence-corrected chi connectivity index (χ3v) is 2.07. The second-order valence-electron chi connectivity index (χ2n) is 3.20. The summed E-state index contributed by atoms with van der Waals surface area (Å²) in [5.74, 6) is -1.09. The van der Waals surface area contributed by atoms with Crippen LogP contribution in [0.3, 0.4) is 0 Å². The number of aryl methyl sites for hydroxylation is 1. The quantitative estimate of drug-likeness (QED) is 0.715. The molecule has 2 rings (SSSR count). The monoisotopic (exact) mass is 193 g/mol. The summed E-state index contributed by atoms with van der Waals surface area (Å²) in [6.45, 7) is 1.88. The van der Waals surface area contributed by atoms with Crippen LogP contribution in [-0.4, -0.2) is 4.98 Å². The predicted molar refractivity (Wildman–Crippen MR) is 50.9 cm³/mol. The molecule has 1 N–H and O–H groups in total. The van der Waals surface area contributed by atoms with E-state index < -0.39 is 11.6 Å². The van der Waals surface area contributed by atoms with Gasteiger partial charge in [0.15, 0.2) is 0 Å². The second kappa shape index (κ2) is 3.25. The maximum absolute atomic E-state index is 13.3. The van der Waals surface area contributed by atoms with Gasteiger partial charge in [-0.1, -0.05) is 0 Å². The van der Waals surface area contributed by atoms with Gasteiger partial charge in [0, 0.05) is 29.1 Å². The highest BCUT2D eigenvalue weighted by Gasteiger charge is 2.06. The predicted octanol–water partition coefficient (Wildman–Crippen LogP) is 3.27. The molecule has 2 aromatic rings. The topological polar surface area (TPSA) is 15.8 Å². The Balaban J connectivity index is 2.52. The first-order valence-electron chi connectivity index (χ1n) is 4.27. The normalized spacial score (nSPS) is 10.5. The third-order valence-electron chi connectivity index (χ3n) is 2.07. The molecule has 0 saturated heterocycles. The lowest BCUT2D eigenvalue weighted by molar-refractivity contribution is 0.585. The maximum atomic E-state index is 13.3. The molecular formula is C11H9F2N. The fourth-order valence-corrected chi connectivity index (χ4v) is 1.39. The average Bonchev–Trinajstić information content (AvgIpc) is 2.51. The van der Waals surface area contributed by atoms with E-state index in [1.54, 1.807) is 6.20 Å². The Bertz CT molecular complexity index is 460. The Labute approximate surface area is 80.4 Å². The van der Waals surface area contributed by atoms with Crippen molar-refractivity contribution < 1.29 is 8.78 Å². The van der Waals surface area contributed by atoms with Gasteiger partial charge in [0.25, 0.3) is 0 Å². The molecule has 1 aromatic heterocycles. The Morgan fingerprint density at radius 1 is 1.14 bits per heavy atom. The number of benzene rings is 1. The lowest BCUT2D eigenvalue weighted by Gasteiger charge is -1.99. The van der Waals surface area contributed by atoms with E-state index in [-0.39, 0.29) is 0 Å². The largest absolute Gasteiger partial charge is 0.365 e. The minimum Gasteiger partial charge on any atom is -0.365 e. The Morgan fingerprint density at radius 2 is 1.93 bits per heavy atom. The van der Waals surface area contributed by atoms with Crippen molar-refractivity contribution in [1.82, 2.24) is 4.98 Å². The smallest absolute Gasteiger partial charge is 0.133 e. The molecule has 14 heavy (non-hydrogen) atoms. The van der Waals surface area contributed by atoms with E-state index in [0.717, 1.165) is 17.3 Å². The molecule has 0 aliphatic carbocycles. The van der Waals surface area contributed by atoms with Crippen molar-refractivity contribution >= 4 is 0 Å². The first-order chi connectivity index (χ1) is 6.66. The molecule has 1 heterocycles. The number of hydrogen-bond donors (Lipinski definition) is 1. The van der Waals surface area contributed by atoms with E-state index in [1.165, 1.54) is 12.1 Å². The number of H-pyrrole nitrogens is 1. The number of aromatic amines is 1. The number of nitrogens with one attached hydrogen (secondary N) is 1. The minimum absolute atomic E-state index is 0.413. The molecule has 0 fully saturated rings. The van der Waals surface area contributed by atoms with E-state index in [2.05, 4.69) is 4.98 Å². The van der Waals surface area contributed by atoms with Crippen LogP contribution in [0.2, 0.25) is 0 Å². The SMILES string of the molecule is Cc1cc(-c2ccc(F)cc2F)c[nH]1. The van der Waals surface area contributed by atoms with Crippen LogP contribution in [0.25, 0.3) is 11.1 Å². The molecule has 0 unspecified atom stereocenters. The van der Waals surface area contributed by atoms with Gasteiger partial charge < -0.3 is 4.98 Å². The van der Waals surface area contributed by atoms with Crippen LogP contribution in [0.1, 0.15) is 5.69 Å². The first-order valence-corrected chi connectivity index (χ1v) is 4.27. The molecule has 1 aromatic carbocycles. The zero-order valence-electron chi connectivity index (χ0n) is 7.64. The lowest BCUT2D eigenvalue weighted by atomic mass is 10.1. The van der Waals surface area contributed by atoms with E-state index in [4.69, 9.17) is 0 Å². The van der Waals surface area contributed by atoms with Crippen molar-refractivity contribution in [2.24, 2.45) is 0 Å². The summed E-state index contributed by atoms with van der Waals surface area (Å²) < 4.78 is 25.9. The van der Waals surface area contributed by atoms with Gasteiger partial charge in [-0.2, -0.15) is 0 Å². The third kappa shape index (κ3) is 1.53.